The summed E-state index contributed by atoms with van der Waals surface area (Å²) in [5, 5.41) is 1.06. The van der Waals surface area contributed by atoms with Crippen molar-refractivity contribution < 1.29 is 33.4 Å². The minimum absolute atomic E-state index is 0.0995. The van der Waals surface area contributed by atoms with Crippen LogP contribution >= 0.6 is 15.9 Å². The largest absolute Gasteiger partial charge is 0.389 e. The van der Waals surface area contributed by atoms with Gasteiger partial charge in [0.25, 0.3) is 0 Å². The Bertz CT molecular complexity index is 874. The van der Waals surface area contributed by atoms with Gasteiger partial charge in [-0.25, -0.2) is 9.59 Å². The van der Waals surface area contributed by atoms with Crippen molar-refractivity contribution in [3.63, 3.8) is 0 Å². The molecule has 0 aliphatic rings. The van der Waals surface area contributed by atoms with Crippen LogP contribution in [-0.4, -0.2) is 35.0 Å². The molecule has 7 nitrogen and oxygen atoms in total. The number of halogens is 1. The van der Waals surface area contributed by atoms with Crippen molar-refractivity contribution in [2.75, 3.05) is 5.33 Å². The van der Waals surface area contributed by atoms with Crippen LogP contribution in [0.15, 0.2) is 60.7 Å². The molecule has 8 heteroatoms. The molecule has 0 N–H and O–H groups in total. The van der Waals surface area contributed by atoms with E-state index in [-0.39, 0.29) is 17.5 Å². The molecule has 32 heavy (non-hydrogen) atoms. The zero-order chi connectivity index (χ0) is 24.1. The number of carbonyl (C=O) groups excluding carboxylic acids is 5. The highest BCUT2D eigenvalue weighted by molar-refractivity contribution is 9.09. The third-order valence-corrected chi connectivity index (χ3v) is 4.33. The first-order chi connectivity index (χ1) is 15.2. The standard InChI is InChI=1S/C22H20O7.C2H5Br/c1-3-22(14-15(2)23,20(26)28-18(24)16-10-6-4-7-11-16)21(27)29-19(25)17-12-8-5-9-13-17;1-2-3/h4-13H,3,14H2,1-2H3;2H2,1H3. The molecule has 0 aliphatic carbocycles. The molecular weight excluding hydrogens is 480 g/mol. The Morgan fingerprint density at radius 2 is 1.09 bits per heavy atom. The van der Waals surface area contributed by atoms with Crippen LogP contribution in [0.2, 0.25) is 0 Å². The highest BCUT2D eigenvalue weighted by atomic mass is 79.9. The van der Waals surface area contributed by atoms with Crippen LogP contribution < -0.4 is 0 Å². The van der Waals surface area contributed by atoms with Gasteiger partial charge >= 0.3 is 23.9 Å². The number of esters is 4. The first-order valence-electron chi connectivity index (χ1n) is 9.90. The summed E-state index contributed by atoms with van der Waals surface area (Å²) in [5.41, 5.74) is -1.91. The van der Waals surface area contributed by atoms with E-state index in [1.165, 1.54) is 38.1 Å². The molecule has 0 radical (unpaired) electrons. The number of hydrogen-bond acceptors (Lipinski definition) is 7. The van der Waals surface area contributed by atoms with Gasteiger partial charge < -0.3 is 9.47 Å². The Morgan fingerprint density at radius 1 is 0.750 bits per heavy atom. The fourth-order valence-electron chi connectivity index (χ4n) is 2.70. The van der Waals surface area contributed by atoms with Gasteiger partial charge in [0.1, 0.15) is 5.78 Å². The molecule has 0 saturated carbocycles. The van der Waals surface area contributed by atoms with E-state index < -0.39 is 41.5 Å². The maximum absolute atomic E-state index is 12.8. The van der Waals surface area contributed by atoms with Crippen LogP contribution in [0.25, 0.3) is 0 Å². The lowest BCUT2D eigenvalue weighted by atomic mass is 9.80. The van der Waals surface area contributed by atoms with Crippen molar-refractivity contribution in [2.45, 2.75) is 33.6 Å². The van der Waals surface area contributed by atoms with Crippen LogP contribution in [-0.2, 0) is 23.9 Å². The highest BCUT2D eigenvalue weighted by Gasteiger charge is 2.50. The lowest BCUT2D eigenvalue weighted by Crippen LogP contribution is -2.44. The first kappa shape index (κ1) is 26.9. The van der Waals surface area contributed by atoms with Crippen molar-refractivity contribution in [3.8, 4) is 0 Å². The van der Waals surface area contributed by atoms with E-state index in [1.807, 2.05) is 6.92 Å². The molecule has 170 valence electrons. The molecule has 0 aliphatic heterocycles. The van der Waals surface area contributed by atoms with Gasteiger partial charge in [0.15, 0.2) is 5.41 Å². The summed E-state index contributed by atoms with van der Waals surface area (Å²) in [7, 11) is 0. The smallest absolute Gasteiger partial charge is 0.345 e. The van der Waals surface area contributed by atoms with Crippen LogP contribution in [0.5, 0.6) is 0 Å². The Morgan fingerprint density at radius 3 is 1.38 bits per heavy atom. The van der Waals surface area contributed by atoms with E-state index in [0.29, 0.717) is 0 Å². The minimum Gasteiger partial charge on any atom is -0.389 e. The second-order valence-corrected chi connectivity index (χ2v) is 7.79. The van der Waals surface area contributed by atoms with E-state index in [2.05, 4.69) is 15.9 Å². The number of carbonyl (C=O) groups is 5. The normalized spacial score (nSPS) is 10.2. The lowest BCUT2D eigenvalue weighted by molar-refractivity contribution is -0.167. The van der Waals surface area contributed by atoms with Gasteiger partial charge in [-0.3, -0.25) is 14.4 Å². The number of benzene rings is 2. The monoisotopic (exact) mass is 504 g/mol. The molecule has 2 aromatic carbocycles. The zero-order valence-corrected chi connectivity index (χ0v) is 19.7. The summed E-state index contributed by atoms with van der Waals surface area (Å²) < 4.78 is 9.72. The molecule has 0 atom stereocenters. The summed E-state index contributed by atoms with van der Waals surface area (Å²) in [5.74, 6) is -4.93. The van der Waals surface area contributed by atoms with E-state index >= 15 is 0 Å². The SMILES string of the molecule is CCBr.CCC(CC(C)=O)(C(=O)OC(=O)c1ccccc1)C(=O)OC(=O)c1ccccc1. The molecule has 0 bridgehead atoms. The fourth-order valence-corrected chi connectivity index (χ4v) is 2.70. The van der Waals surface area contributed by atoms with Gasteiger partial charge in [-0.05, 0) is 37.6 Å². The molecule has 0 aromatic heterocycles. The third kappa shape index (κ3) is 7.53. The van der Waals surface area contributed by atoms with E-state index in [9.17, 15) is 24.0 Å². The molecule has 0 heterocycles. The van der Waals surface area contributed by atoms with E-state index in [4.69, 9.17) is 9.47 Å². The predicted octanol–water partition coefficient (Wildman–Crippen LogP) is 4.53. The summed E-state index contributed by atoms with van der Waals surface area (Å²) in [6.07, 6.45) is -0.764. The second kappa shape index (κ2) is 13.3. The van der Waals surface area contributed by atoms with Crippen LogP contribution in [0, 0.1) is 5.41 Å². The van der Waals surface area contributed by atoms with Crippen molar-refractivity contribution >= 4 is 45.6 Å². The third-order valence-electron chi connectivity index (χ3n) is 4.33. The summed E-state index contributed by atoms with van der Waals surface area (Å²) >= 11 is 3.15. The van der Waals surface area contributed by atoms with E-state index in [1.54, 1.807) is 36.4 Å². The average molecular weight is 505 g/mol. The number of rotatable bonds is 7. The van der Waals surface area contributed by atoms with Gasteiger partial charge in [-0.2, -0.15) is 0 Å². The quantitative estimate of drug-likeness (QED) is 0.309. The average Bonchev–Trinajstić information content (AvgIpc) is 2.78. The van der Waals surface area contributed by atoms with Crippen molar-refractivity contribution in [1.82, 2.24) is 0 Å². The van der Waals surface area contributed by atoms with Gasteiger partial charge in [-0.15, -0.1) is 0 Å². The number of ether oxygens (including phenoxy) is 2. The molecule has 2 rings (SSSR count). The van der Waals surface area contributed by atoms with Gasteiger partial charge in [0.05, 0.1) is 11.1 Å². The van der Waals surface area contributed by atoms with Crippen molar-refractivity contribution in [1.29, 1.82) is 0 Å². The molecule has 0 saturated heterocycles. The van der Waals surface area contributed by atoms with Gasteiger partial charge in [-0.1, -0.05) is 66.2 Å². The van der Waals surface area contributed by atoms with Crippen molar-refractivity contribution in [2.24, 2.45) is 5.41 Å². The van der Waals surface area contributed by atoms with Gasteiger partial charge in [0, 0.05) is 11.8 Å². The lowest BCUT2D eigenvalue weighted by Gasteiger charge is -2.26. The summed E-state index contributed by atoms with van der Waals surface area (Å²) in [6, 6.07) is 15.4. The summed E-state index contributed by atoms with van der Waals surface area (Å²) in [6.45, 7) is 4.69. The second-order valence-electron chi connectivity index (χ2n) is 6.67. The topological polar surface area (TPSA) is 104 Å². The first-order valence-corrected chi connectivity index (χ1v) is 11.0. The van der Waals surface area contributed by atoms with E-state index in [0.717, 1.165) is 5.33 Å². The fraction of sp³-hybridized carbons (Fsp3) is 0.292. The Kier molecular flexibility index (Phi) is 11.2. The number of hydrogen-bond donors (Lipinski definition) is 0. The van der Waals surface area contributed by atoms with Crippen molar-refractivity contribution in [3.05, 3.63) is 71.8 Å². The predicted molar refractivity (Wildman–Crippen MR) is 121 cm³/mol. The van der Waals surface area contributed by atoms with Crippen LogP contribution in [0.4, 0.5) is 0 Å². The van der Waals surface area contributed by atoms with Crippen LogP contribution in [0.3, 0.4) is 0 Å². The Balaban J connectivity index is 0.00000161. The Labute approximate surface area is 195 Å². The zero-order valence-electron chi connectivity index (χ0n) is 18.1. The molecular formula is C24H25BrO7. The number of alkyl halides is 1. The molecule has 0 amide bonds. The maximum Gasteiger partial charge on any atom is 0.345 e. The maximum atomic E-state index is 12.8. The minimum atomic E-state index is -2.11. The van der Waals surface area contributed by atoms with Crippen LogP contribution in [0.1, 0.15) is 54.3 Å². The highest BCUT2D eigenvalue weighted by Crippen LogP contribution is 2.31. The number of Topliss-reactive ketones (excluding diaryl/α,β-unsaturated/α-hetero) is 1. The molecule has 2 aromatic rings. The molecule has 0 spiro atoms. The van der Waals surface area contributed by atoms with Gasteiger partial charge in [0.2, 0.25) is 0 Å². The molecule has 0 unspecified atom stereocenters. The molecule has 0 fully saturated rings. The Hall–Kier alpha value is -3.13. The summed E-state index contributed by atoms with van der Waals surface area (Å²) in [4.78, 5) is 61.7. The number of ketones is 1.